The molecule has 12 heteroatoms. The molecule has 0 radical (unpaired) electrons. The fourth-order valence-electron chi connectivity index (χ4n) is 3.77. The molecular formula is C26H28F4N4O4. The molecule has 1 aliphatic carbocycles. The Morgan fingerprint density at radius 2 is 1.97 bits per heavy atom. The number of amides is 1. The highest BCUT2D eigenvalue weighted by molar-refractivity contribution is 5.94. The predicted octanol–water partition coefficient (Wildman–Crippen LogP) is 4.55. The van der Waals surface area contributed by atoms with Crippen molar-refractivity contribution >= 4 is 5.91 Å². The van der Waals surface area contributed by atoms with Crippen LogP contribution in [-0.4, -0.2) is 37.2 Å². The first kappa shape index (κ1) is 27.4. The van der Waals surface area contributed by atoms with Crippen molar-refractivity contribution < 1.29 is 36.2 Å². The zero-order valence-corrected chi connectivity index (χ0v) is 20.6. The van der Waals surface area contributed by atoms with Crippen LogP contribution in [0.4, 0.5) is 17.6 Å². The number of nitrogens with zero attached hydrogens (tertiary/aromatic N) is 1. The van der Waals surface area contributed by atoms with E-state index in [4.69, 9.17) is 14.9 Å². The molecule has 3 aromatic rings. The van der Waals surface area contributed by atoms with Gasteiger partial charge in [0.05, 0.1) is 19.2 Å². The van der Waals surface area contributed by atoms with Crippen molar-refractivity contribution in [2.45, 2.75) is 39.0 Å². The maximum absolute atomic E-state index is 14.5. The fourth-order valence-corrected chi connectivity index (χ4v) is 3.77. The Bertz CT molecular complexity index is 1270. The van der Waals surface area contributed by atoms with Crippen LogP contribution >= 0.6 is 0 Å². The second-order valence-electron chi connectivity index (χ2n) is 8.79. The van der Waals surface area contributed by atoms with Crippen LogP contribution in [0.2, 0.25) is 0 Å². The first-order valence-electron chi connectivity index (χ1n) is 12.2. The lowest BCUT2D eigenvalue weighted by atomic mass is 10.1. The number of nitrogens with two attached hydrogens (primary N) is 1. The lowest BCUT2D eigenvalue weighted by molar-refractivity contribution is -0.0515. The number of carbonyl (C=O) groups excluding carboxylic acids is 1. The zero-order valence-electron chi connectivity index (χ0n) is 20.6. The number of alkyl halides is 2. The third kappa shape index (κ3) is 6.81. The molecule has 204 valence electrons. The first-order chi connectivity index (χ1) is 18.3. The maximum Gasteiger partial charge on any atom is 0.387 e. The van der Waals surface area contributed by atoms with Gasteiger partial charge >= 0.3 is 6.61 Å². The van der Waals surface area contributed by atoms with Crippen LogP contribution < -0.4 is 25.8 Å². The summed E-state index contributed by atoms with van der Waals surface area (Å²) < 4.78 is 69.6. The van der Waals surface area contributed by atoms with Crippen LogP contribution in [-0.2, 0) is 6.54 Å². The van der Waals surface area contributed by atoms with Crippen molar-refractivity contribution in [3.05, 3.63) is 65.1 Å². The minimum Gasteiger partial charge on any atom is -0.489 e. The molecule has 1 heterocycles. The van der Waals surface area contributed by atoms with E-state index in [-0.39, 0.29) is 47.5 Å². The number of rotatable bonds is 13. The molecule has 0 bridgehead atoms. The van der Waals surface area contributed by atoms with E-state index >= 15 is 0 Å². The fraction of sp³-hybridized carbons (Fsp3) is 0.385. The maximum atomic E-state index is 14.5. The van der Waals surface area contributed by atoms with E-state index < -0.39 is 30.2 Å². The Labute approximate surface area is 216 Å². The molecule has 1 amide bonds. The summed E-state index contributed by atoms with van der Waals surface area (Å²) in [6, 6.07) is 6.45. The summed E-state index contributed by atoms with van der Waals surface area (Å²) in [4.78, 5) is 17.5. The van der Waals surface area contributed by atoms with E-state index in [0.717, 1.165) is 25.0 Å². The second-order valence-corrected chi connectivity index (χ2v) is 8.79. The van der Waals surface area contributed by atoms with Crippen LogP contribution in [0.3, 0.4) is 0 Å². The summed E-state index contributed by atoms with van der Waals surface area (Å²) in [5, 5.41) is 5.73. The molecule has 4 rings (SSSR count). The Morgan fingerprint density at radius 1 is 1.18 bits per heavy atom. The van der Waals surface area contributed by atoms with Gasteiger partial charge in [0.1, 0.15) is 11.6 Å². The summed E-state index contributed by atoms with van der Waals surface area (Å²) in [6.07, 6.45) is 2.00. The number of oxazole rings is 1. The van der Waals surface area contributed by atoms with Crippen LogP contribution in [0.25, 0.3) is 11.5 Å². The number of ether oxygens (including phenoxy) is 2. The summed E-state index contributed by atoms with van der Waals surface area (Å²) in [7, 11) is 0. The summed E-state index contributed by atoms with van der Waals surface area (Å²) in [5.74, 6) is -1.85. The highest BCUT2D eigenvalue weighted by atomic mass is 19.3. The van der Waals surface area contributed by atoms with Crippen molar-refractivity contribution in [2.24, 2.45) is 11.7 Å². The zero-order chi connectivity index (χ0) is 27.2. The molecule has 1 aromatic heterocycles. The van der Waals surface area contributed by atoms with Gasteiger partial charge in [-0.3, -0.25) is 4.79 Å². The minimum absolute atomic E-state index is 0.00617. The SMILES string of the molecule is CCNC[C@@H](NC(=O)c1nc(-c2ccc(OC(F)F)c(OCC3CC3)c2)oc1CN)c1ccc(F)cc1F. The average Bonchev–Trinajstić information content (AvgIpc) is 3.61. The summed E-state index contributed by atoms with van der Waals surface area (Å²) in [5.41, 5.74) is 6.09. The van der Waals surface area contributed by atoms with Crippen molar-refractivity contribution in [2.75, 3.05) is 19.7 Å². The number of benzene rings is 2. The first-order valence-corrected chi connectivity index (χ1v) is 12.2. The van der Waals surface area contributed by atoms with Crippen molar-refractivity contribution in [1.82, 2.24) is 15.6 Å². The van der Waals surface area contributed by atoms with Gasteiger partial charge in [0.2, 0.25) is 5.89 Å². The standard InChI is InChI=1S/C26H28F4N4O4/c1-2-32-12-19(17-7-6-16(27)10-18(17)28)33-24(35)23-22(11-31)37-25(34-23)15-5-8-20(38-26(29)30)21(9-15)36-13-14-3-4-14/h5-10,14,19,26,32H,2-4,11-13,31H2,1H3,(H,33,35)/t19-/m1/s1. The molecule has 0 saturated heterocycles. The van der Waals surface area contributed by atoms with Gasteiger partial charge in [-0.2, -0.15) is 8.78 Å². The average molecular weight is 537 g/mol. The van der Waals surface area contributed by atoms with Gasteiger partial charge in [-0.15, -0.1) is 0 Å². The van der Waals surface area contributed by atoms with Gasteiger partial charge in [-0.05, 0) is 49.6 Å². The molecular weight excluding hydrogens is 508 g/mol. The van der Waals surface area contributed by atoms with Gasteiger partial charge in [0.25, 0.3) is 5.91 Å². The highest BCUT2D eigenvalue weighted by Gasteiger charge is 2.26. The van der Waals surface area contributed by atoms with E-state index in [0.29, 0.717) is 24.6 Å². The molecule has 1 fully saturated rings. The molecule has 2 aromatic carbocycles. The lowest BCUT2D eigenvalue weighted by Crippen LogP contribution is -2.36. The number of hydrogen-bond acceptors (Lipinski definition) is 7. The number of aromatic nitrogens is 1. The van der Waals surface area contributed by atoms with Crippen molar-refractivity contribution in [3.8, 4) is 23.0 Å². The Kier molecular flexibility index (Phi) is 8.85. The Balaban J connectivity index is 1.60. The molecule has 0 unspecified atom stereocenters. The predicted molar refractivity (Wildman–Crippen MR) is 130 cm³/mol. The molecule has 0 spiro atoms. The number of likely N-dealkylation sites (N-methyl/N-ethyl adjacent to an activating group) is 1. The quantitative estimate of drug-likeness (QED) is 0.275. The molecule has 4 N–H and O–H groups in total. The minimum atomic E-state index is -3.04. The molecule has 1 aliphatic rings. The van der Waals surface area contributed by atoms with E-state index in [9.17, 15) is 22.4 Å². The lowest BCUT2D eigenvalue weighted by Gasteiger charge is -2.20. The van der Waals surface area contributed by atoms with Crippen LogP contribution in [0, 0.1) is 17.6 Å². The largest absolute Gasteiger partial charge is 0.489 e. The third-order valence-electron chi connectivity index (χ3n) is 5.92. The topological polar surface area (TPSA) is 112 Å². The van der Waals surface area contributed by atoms with Crippen molar-refractivity contribution in [1.29, 1.82) is 0 Å². The van der Waals surface area contributed by atoms with Crippen LogP contribution in [0.1, 0.15) is 47.6 Å². The summed E-state index contributed by atoms with van der Waals surface area (Å²) >= 11 is 0. The Morgan fingerprint density at radius 3 is 2.63 bits per heavy atom. The van der Waals surface area contributed by atoms with Crippen LogP contribution in [0.5, 0.6) is 11.5 Å². The molecule has 38 heavy (non-hydrogen) atoms. The van der Waals surface area contributed by atoms with E-state index in [1.54, 1.807) is 0 Å². The molecule has 1 atom stereocenters. The van der Waals surface area contributed by atoms with Gasteiger partial charge < -0.3 is 30.3 Å². The normalized spacial score (nSPS) is 14.0. The number of hydrogen-bond donors (Lipinski definition) is 3. The van der Waals surface area contributed by atoms with E-state index in [2.05, 4.69) is 20.4 Å². The summed E-state index contributed by atoms with van der Waals surface area (Å²) in [6.45, 7) is -0.295. The molecule has 0 aliphatic heterocycles. The number of carbonyl (C=O) groups is 1. The Hall–Kier alpha value is -3.64. The van der Waals surface area contributed by atoms with Gasteiger partial charge in [-0.25, -0.2) is 13.8 Å². The monoisotopic (exact) mass is 536 g/mol. The number of halogens is 4. The van der Waals surface area contributed by atoms with Crippen LogP contribution in [0.15, 0.2) is 40.8 Å². The van der Waals surface area contributed by atoms with E-state index in [1.165, 1.54) is 24.3 Å². The van der Waals surface area contributed by atoms with Gasteiger partial charge in [0.15, 0.2) is 23.0 Å². The second kappa shape index (κ2) is 12.3. The highest BCUT2D eigenvalue weighted by Crippen LogP contribution is 2.36. The van der Waals surface area contributed by atoms with Gasteiger partial charge in [0, 0.05) is 23.7 Å². The van der Waals surface area contributed by atoms with Crippen molar-refractivity contribution in [3.63, 3.8) is 0 Å². The molecule has 1 saturated carbocycles. The smallest absolute Gasteiger partial charge is 0.387 e. The van der Waals surface area contributed by atoms with Gasteiger partial charge in [-0.1, -0.05) is 13.0 Å². The number of nitrogens with one attached hydrogen (secondary N) is 2. The molecule has 8 nitrogen and oxygen atoms in total. The third-order valence-corrected chi connectivity index (χ3v) is 5.92. The van der Waals surface area contributed by atoms with E-state index in [1.807, 2.05) is 6.92 Å².